The van der Waals surface area contributed by atoms with Crippen molar-refractivity contribution in [1.29, 1.82) is 5.26 Å². The van der Waals surface area contributed by atoms with Crippen molar-refractivity contribution in [2.24, 2.45) is 0 Å². The number of nitriles is 1. The van der Waals surface area contributed by atoms with Gasteiger partial charge in [-0.1, -0.05) is 53.5 Å². The van der Waals surface area contributed by atoms with Crippen LogP contribution in [0.4, 0.5) is 11.4 Å². The molecule has 0 aliphatic rings. The molecule has 0 aromatic heterocycles. The van der Waals surface area contributed by atoms with Crippen LogP contribution in [-0.2, 0) is 11.4 Å². The van der Waals surface area contributed by atoms with Crippen molar-refractivity contribution in [3.63, 3.8) is 0 Å². The minimum absolute atomic E-state index is 0.0855. The molecule has 0 aliphatic carbocycles. The fraction of sp³-hybridized carbons (Fsp3) is 0.0833. The van der Waals surface area contributed by atoms with Gasteiger partial charge in [0.15, 0.2) is 5.75 Å². The standard InChI is InChI=1S/C24H17Cl2N3O5/c1-33-18-7-8-21(22(12-18)29(31)32)28-24(30)17(13-27)9-16-10-19(25)23(20(26)11-16)34-14-15-5-3-2-4-6-15/h2-12H,14H2,1H3,(H,28,30)/b17-9+. The van der Waals surface area contributed by atoms with E-state index in [4.69, 9.17) is 32.7 Å². The summed E-state index contributed by atoms with van der Waals surface area (Å²) in [7, 11) is 1.36. The fourth-order valence-corrected chi connectivity index (χ4v) is 3.54. The van der Waals surface area contributed by atoms with E-state index < -0.39 is 10.8 Å². The lowest BCUT2D eigenvalue weighted by Crippen LogP contribution is -2.14. The van der Waals surface area contributed by atoms with Crippen molar-refractivity contribution in [2.75, 3.05) is 12.4 Å². The van der Waals surface area contributed by atoms with E-state index in [9.17, 15) is 20.2 Å². The van der Waals surface area contributed by atoms with Crippen LogP contribution in [0.15, 0.2) is 66.2 Å². The average molecular weight is 498 g/mol. The number of nitro groups is 1. The number of nitro benzene ring substituents is 1. The van der Waals surface area contributed by atoms with Crippen LogP contribution < -0.4 is 14.8 Å². The van der Waals surface area contributed by atoms with Gasteiger partial charge in [0.2, 0.25) is 0 Å². The maximum absolute atomic E-state index is 12.6. The van der Waals surface area contributed by atoms with E-state index in [1.807, 2.05) is 30.3 Å². The zero-order valence-corrected chi connectivity index (χ0v) is 19.3. The van der Waals surface area contributed by atoms with Gasteiger partial charge in [0.05, 0.1) is 28.1 Å². The maximum atomic E-state index is 12.6. The molecule has 3 aromatic carbocycles. The van der Waals surface area contributed by atoms with Crippen molar-refractivity contribution in [1.82, 2.24) is 0 Å². The number of carbonyl (C=O) groups excluding carboxylic acids is 1. The molecular weight excluding hydrogens is 481 g/mol. The summed E-state index contributed by atoms with van der Waals surface area (Å²) in [5, 5.41) is 23.6. The number of hydrogen-bond acceptors (Lipinski definition) is 6. The summed E-state index contributed by atoms with van der Waals surface area (Å²) in [6.45, 7) is 0.252. The predicted octanol–water partition coefficient (Wildman–Crippen LogP) is 6.03. The lowest BCUT2D eigenvalue weighted by atomic mass is 10.1. The van der Waals surface area contributed by atoms with Gasteiger partial charge in [0.25, 0.3) is 11.6 Å². The third kappa shape index (κ3) is 6.04. The van der Waals surface area contributed by atoms with Crippen LogP contribution in [0.5, 0.6) is 11.5 Å². The van der Waals surface area contributed by atoms with E-state index in [2.05, 4.69) is 5.32 Å². The summed E-state index contributed by atoms with van der Waals surface area (Å²) in [5.74, 6) is -0.326. The summed E-state index contributed by atoms with van der Waals surface area (Å²) in [6, 6.07) is 18.1. The second-order valence-electron chi connectivity index (χ2n) is 6.85. The second kappa shape index (κ2) is 11.2. The van der Waals surface area contributed by atoms with Gasteiger partial charge in [-0.25, -0.2) is 0 Å². The van der Waals surface area contributed by atoms with Gasteiger partial charge in [0, 0.05) is 0 Å². The first-order valence-electron chi connectivity index (χ1n) is 9.73. The summed E-state index contributed by atoms with van der Waals surface area (Å²) >= 11 is 12.6. The van der Waals surface area contributed by atoms with Crippen molar-refractivity contribution < 1.29 is 19.2 Å². The highest BCUT2D eigenvalue weighted by molar-refractivity contribution is 6.37. The number of anilines is 1. The molecular formula is C24H17Cl2N3O5. The molecule has 0 saturated heterocycles. The molecule has 0 heterocycles. The Labute approximate surface area is 205 Å². The van der Waals surface area contributed by atoms with Gasteiger partial charge in [-0.2, -0.15) is 5.26 Å². The Bertz CT molecular complexity index is 1280. The van der Waals surface area contributed by atoms with E-state index in [0.717, 1.165) is 5.56 Å². The van der Waals surface area contributed by atoms with Crippen LogP contribution in [0.1, 0.15) is 11.1 Å². The first-order chi connectivity index (χ1) is 16.3. The first-order valence-corrected chi connectivity index (χ1v) is 10.5. The monoisotopic (exact) mass is 497 g/mol. The Hall–Kier alpha value is -4.06. The lowest BCUT2D eigenvalue weighted by Gasteiger charge is -2.11. The third-order valence-corrected chi connectivity index (χ3v) is 5.13. The molecule has 3 aromatic rings. The lowest BCUT2D eigenvalue weighted by molar-refractivity contribution is -0.384. The van der Waals surface area contributed by atoms with Crippen LogP contribution in [0.3, 0.4) is 0 Å². The summed E-state index contributed by atoms with van der Waals surface area (Å²) < 4.78 is 10.7. The SMILES string of the molecule is COc1ccc(NC(=O)/C(C#N)=C/c2cc(Cl)c(OCc3ccccc3)c(Cl)c2)c([N+](=O)[O-])c1. The van der Waals surface area contributed by atoms with Gasteiger partial charge in [-0.3, -0.25) is 14.9 Å². The van der Waals surface area contributed by atoms with Crippen LogP contribution in [-0.4, -0.2) is 17.9 Å². The van der Waals surface area contributed by atoms with Crippen LogP contribution in [0.2, 0.25) is 10.0 Å². The molecule has 0 atom stereocenters. The van der Waals surface area contributed by atoms with Crippen LogP contribution in [0.25, 0.3) is 6.08 Å². The van der Waals surface area contributed by atoms with E-state index in [0.29, 0.717) is 5.56 Å². The molecule has 1 N–H and O–H groups in total. The zero-order valence-electron chi connectivity index (χ0n) is 17.7. The van der Waals surface area contributed by atoms with Gasteiger partial charge >= 0.3 is 0 Å². The van der Waals surface area contributed by atoms with Crippen molar-refractivity contribution in [2.45, 2.75) is 6.61 Å². The number of carbonyl (C=O) groups is 1. The summed E-state index contributed by atoms with van der Waals surface area (Å²) in [5.41, 5.74) is 0.525. The molecule has 0 aliphatic heterocycles. The largest absolute Gasteiger partial charge is 0.496 e. The number of hydrogen-bond donors (Lipinski definition) is 1. The van der Waals surface area contributed by atoms with E-state index in [-0.39, 0.29) is 45.1 Å². The highest BCUT2D eigenvalue weighted by Crippen LogP contribution is 2.35. The van der Waals surface area contributed by atoms with Crippen LogP contribution >= 0.6 is 23.2 Å². The molecule has 3 rings (SSSR count). The molecule has 0 unspecified atom stereocenters. The smallest absolute Gasteiger partial charge is 0.296 e. The molecule has 1 amide bonds. The number of halogens is 2. The number of amides is 1. The number of ether oxygens (including phenoxy) is 2. The van der Waals surface area contributed by atoms with Gasteiger partial charge in [-0.05, 0) is 41.5 Å². The van der Waals surface area contributed by atoms with Gasteiger partial charge < -0.3 is 14.8 Å². The number of nitrogens with one attached hydrogen (secondary N) is 1. The molecule has 0 fully saturated rings. The maximum Gasteiger partial charge on any atom is 0.296 e. The quantitative estimate of drug-likeness (QED) is 0.175. The number of benzene rings is 3. The molecule has 0 saturated carbocycles. The Balaban J connectivity index is 1.81. The minimum Gasteiger partial charge on any atom is -0.496 e. The van der Waals surface area contributed by atoms with Crippen LogP contribution in [0, 0.1) is 21.4 Å². The average Bonchev–Trinajstić information content (AvgIpc) is 2.82. The Morgan fingerprint density at radius 3 is 2.41 bits per heavy atom. The molecule has 0 radical (unpaired) electrons. The normalized spacial score (nSPS) is 10.8. The highest BCUT2D eigenvalue weighted by atomic mass is 35.5. The second-order valence-corrected chi connectivity index (χ2v) is 7.67. The molecule has 8 nitrogen and oxygen atoms in total. The Morgan fingerprint density at radius 1 is 1.15 bits per heavy atom. The van der Waals surface area contributed by atoms with E-state index in [1.165, 1.54) is 43.5 Å². The molecule has 0 bridgehead atoms. The number of rotatable bonds is 8. The molecule has 10 heteroatoms. The van der Waals surface area contributed by atoms with E-state index >= 15 is 0 Å². The summed E-state index contributed by atoms with van der Waals surface area (Å²) in [4.78, 5) is 23.3. The number of nitrogens with zero attached hydrogens (tertiary/aromatic N) is 2. The first kappa shape index (κ1) is 24.6. The van der Waals surface area contributed by atoms with Gasteiger partial charge in [-0.15, -0.1) is 0 Å². The van der Waals surface area contributed by atoms with E-state index in [1.54, 1.807) is 6.07 Å². The third-order valence-electron chi connectivity index (χ3n) is 4.57. The molecule has 34 heavy (non-hydrogen) atoms. The Kier molecular flexibility index (Phi) is 8.09. The van der Waals surface area contributed by atoms with Crippen molar-refractivity contribution >= 4 is 46.6 Å². The molecule has 0 spiro atoms. The topological polar surface area (TPSA) is 114 Å². The Morgan fingerprint density at radius 2 is 1.82 bits per heavy atom. The highest BCUT2D eigenvalue weighted by Gasteiger charge is 2.19. The van der Waals surface area contributed by atoms with Gasteiger partial charge in [0.1, 0.15) is 29.7 Å². The van der Waals surface area contributed by atoms with Crippen molar-refractivity contribution in [3.05, 3.63) is 97.5 Å². The summed E-state index contributed by atoms with van der Waals surface area (Å²) in [6.07, 6.45) is 1.27. The molecule has 172 valence electrons. The number of methoxy groups -OCH3 is 1. The predicted molar refractivity (Wildman–Crippen MR) is 129 cm³/mol. The van der Waals surface area contributed by atoms with Crippen molar-refractivity contribution in [3.8, 4) is 17.6 Å². The minimum atomic E-state index is -0.840. The zero-order chi connectivity index (χ0) is 24.7. The fourth-order valence-electron chi connectivity index (χ4n) is 2.93.